The molecule has 45 heavy (non-hydrogen) atoms. The van der Waals surface area contributed by atoms with Gasteiger partial charge in [0.15, 0.2) is 11.5 Å². The molecule has 0 saturated carbocycles. The Morgan fingerprint density at radius 1 is 0.844 bits per heavy atom. The van der Waals surface area contributed by atoms with Gasteiger partial charge in [-0.25, -0.2) is 9.97 Å². The van der Waals surface area contributed by atoms with Gasteiger partial charge in [0.1, 0.15) is 11.6 Å². The summed E-state index contributed by atoms with van der Waals surface area (Å²) in [6.45, 7) is 13.0. The van der Waals surface area contributed by atoms with E-state index < -0.39 is 0 Å². The Morgan fingerprint density at radius 2 is 1.49 bits per heavy atom. The Kier molecular flexibility index (Phi) is 18.9. The maximum Gasteiger partial charge on any atom is 0.224 e. The molecular weight excluding hydrogens is 590 g/mol. The van der Waals surface area contributed by atoms with Crippen LogP contribution in [0, 0.1) is 5.92 Å². The third kappa shape index (κ3) is 15.6. The average Bonchev–Trinajstić information content (AvgIpc) is 3.03. The number of phenols is 2. The van der Waals surface area contributed by atoms with Crippen molar-refractivity contribution in [2.75, 3.05) is 51.7 Å². The van der Waals surface area contributed by atoms with E-state index in [4.69, 9.17) is 22.1 Å². The lowest BCUT2D eigenvalue weighted by molar-refractivity contribution is 0.373. The second kappa shape index (κ2) is 22.4. The van der Waals surface area contributed by atoms with Gasteiger partial charge in [0.2, 0.25) is 5.28 Å². The van der Waals surface area contributed by atoms with Crippen molar-refractivity contribution in [1.82, 2.24) is 25.9 Å². The van der Waals surface area contributed by atoms with Crippen LogP contribution in [0.4, 0.5) is 5.82 Å². The summed E-state index contributed by atoms with van der Waals surface area (Å²) in [5.74, 6) is 2.04. The minimum absolute atomic E-state index is 0.0845. The number of hydrogen-bond donors (Lipinski definition) is 7. The molecule has 0 aliphatic carbocycles. The van der Waals surface area contributed by atoms with Crippen LogP contribution in [0.5, 0.6) is 17.2 Å². The lowest BCUT2D eigenvalue weighted by atomic mass is 9.96. The second-order valence-electron chi connectivity index (χ2n) is 11.2. The minimum Gasteiger partial charge on any atom is -0.508 e. The van der Waals surface area contributed by atoms with Crippen LogP contribution in [0.1, 0.15) is 69.3 Å². The Morgan fingerprint density at radius 3 is 2.11 bits per heavy atom. The fourth-order valence-corrected chi connectivity index (χ4v) is 4.78. The molecule has 3 aromatic rings. The van der Waals surface area contributed by atoms with Gasteiger partial charge in [-0.15, -0.1) is 0 Å². The number of rotatable bonds is 20. The summed E-state index contributed by atoms with van der Waals surface area (Å²) in [5, 5.41) is 32.9. The number of aromatic nitrogens is 2. The van der Waals surface area contributed by atoms with Crippen LogP contribution in [-0.2, 0) is 13.0 Å². The predicted octanol–water partition coefficient (Wildman–Crippen LogP) is 5.40. The highest BCUT2D eigenvalue weighted by atomic mass is 35.5. The molecule has 10 nitrogen and oxygen atoms in total. The average molecular weight is 644 g/mol. The molecule has 250 valence electrons. The molecule has 3 rings (SSSR count). The zero-order valence-corrected chi connectivity index (χ0v) is 28.2. The number of ether oxygens (including phenoxy) is 1. The number of nitrogens with one attached hydrogen (secondary N) is 4. The van der Waals surface area contributed by atoms with Gasteiger partial charge in [0, 0.05) is 18.3 Å². The summed E-state index contributed by atoms with van der Waals surface area (Å²) >= 11 is 5.96. The smallest absolute Gasteiger partial charge is 0.224 e. The summed E-state index contributed by atoms with van der Waals surface area (Å²) < 4.78 is 5.11. The molecule has 0 amide bonds. The van der Waals surface area contributed by atoms with Crippen molar-refractivity contribution in [2.24, 2.45) is 11.7 Å². The van der Waals surface area contributed by atoms with Crippen molar-refractivity contribution < 1.29 is 14.9 Å². The third-order valence-corrected chi connectivity index (χ3v) is 7.30. The number of phenolic OH excluding ortho intramolecular Hbond substituents is 2. The number of aryl methyl sites for hydroxylation is 1. The van der Waals surface area contributed by atoms with E-state index in [2.05, 4.69) is 45.1 Å². The first kappa shape index (κ1) is 38.0. The van der Waals surface area contributed by atoms with Crippen LogP contribution in [0.2, 0.25) is 5.28 Å². The first-order valence-corrected chi connectivity index (χ1v) is 16.4. The summed E-state index contributed by atoms with van der Waals surface area (Å²) in [5.41, 5.74) is 8.55. The van der Waals surface area contributed by atoms with E-state index in [0.29, 0.717) is 11.7 Å². The van der Waals surface area contributed by atoms with Crippen molar-refractivity contribution in [3.05, 3.63) is 70.6 Å². The normalized spacial score (nSPS) is 11.6. The lowest BCUT2D eigenvalue weighted by Crippen LogP contribution is -2.24. The lowest BCUT2D eigenvalue weighted by Gasteiger charge is -2.23. The second-order valence-corrected chi connectivity index (χ2v) is 11.5. The van der Waals surface area contributed by atoms with Crippen LogP contribution >= 0.6 is 11.6 Å². The molecule has 0 spiro atoms. The van der Waals surface area contributed by atoms with Crippen molar-refractivity contribution in [3.8, 4) is 17.2 Å². The fraction of sp³-hybridized carbons (Fsp3) is 0.529. The van der Waals surface area contributed by atoms with Crippen molar-refractivity contribution >= 4 is 17.4 Å². The number of nitrogens with zero attached hydrogens (tertiary/aromatic N) is 2. The standard InChI is InChI=1S/C18H34N4O2.C16H20ClN3O/c1-24-18-14-16(6-7-17(18)23)15-22-13-5-12-21-10-3-2-9-20-11-4-8-19;1-4-12-9-14(20-16(17)18-12)19-15(10(2)3)11-5-7-13(21)8-6-11/h6-7,14,20-23H,2-5,8-13,15,19H2,1H3;5-10,15,21H,4H2,1-3H3,(H,18,19,20). The van der Waals surface area contributed by atoms with E-state index in [1.807, 2.05) is 37.3 Å². The molecule has 1 heterocycles. The Hall–Kier alpha value is -3.15. The zero-order valence-electron chi connectivity index (χ0n) is 27.4. The molecule has 1 unspecified atom stereocenters. The van der Waals surface area contributed by atoms with E-state index in [0.717, 1.165) is 87.7 Å². The molecule has 11 heteroatoms. The van der Waals surface area contributed by atoms with E-state index in [1.54, 1.807) is 25.3 Å². The van der Waals surface area contributed by atoms with E-state index >= 15 is 0 Å². The molecule has 0 radical (unpaired) electrons. The van der Waals surface area contributed by atoms with Gasteiger partial charge in [0.25, 0.3) is 0 Å². The number of nitrogens with two attached hydrogens (primary N) is 1. The largest absolute Gasteiger partial charge is 0.508 e. The number of hydrogen-bond acceptors (Lipinski definition) is 10. The summed E-state index contributed by atoms with van der Waals surface area (Å²) in [6.07, 6.45) is 5.38. The molecule has 0 aliphatic heterocycles. The number of halogens is 1. The number of anilines is 1. The maximum absolute atomic E-state index is 9.56. The molecule has 1 aromatic heterocycles. The number of methoxy groups -OCH3 is 1. The van der Waals surface area contributed by atoms with Gasteiger partial charge < -0.3 is 42.0 Å². The maximum atomic E-state index is 9.56. The minimum atomic E-state index is 0.0845. The monoisotopic (exact) mass is 643 g/mol. The summed E-state index contributed by atoms with van der Waals surface area (Å²) in [7, 11) is 1.56. The zero-order chi connectivity index (χ0) is 32.9. The highest BCUT2D eigenvalue weighted by Gasteiger charge is 2.17. The van der Waals surface area contributed by atoms with Crippen LogP contribution in [0.15, 0.2) is 48.5 Å². The van der Waals surface area contributed by atoms with E-state index in [9.17, 15) is 10.2 Å². The predicted molar refractivity (Wildman–Crippen MR) is 185 cm³/mol. The van der Waals surface area contributed by atoms with Crippen LogP contribution in [0.3, 0.4) is 0 Å². The van der Waals surface area contributed by atoms with Gasteiger partial charge in [0.05, 0.1) is 13.2 Å². The number of benzene rings is 2. The highest BCUT2D eigenvalue weighted by molar-refractivity contribution is 6.28. The summed E-state index contributed by atoms with van der Waals surface area (Å²) in [6, 6.07) is 14.7. The first-order valence-electron chi connectivity index (χ1n) is 16.0. The van der Waals surface area contributed by atoms with Gasteiger partial charge in [-0.3, -0.25) is 0 Å². The van der Waals surface area contributed by atoms with Gasteiger partial charge in [-0.05, 0) is 124 Å². The van der Waals surface area contributed by atoms with E-state index in [1.165, 1.54) is 12.8 Å². The highest BCUT2D eigenvalue weighted by Crippen LogP contribution is 2.28. The molecule has 0 fully saturated rings. The molecule has 0 aliphatic rings. The molecule has 8 N–H and O–H groups in total. The number of unbranched alkanes of at least 4 members (excludes halogenated alkanes) is 1. The van der Waals surface area contributed by atoms with Crippen LogP contribution < -0.4 is 31.7 Å². The van der Waals surface area contributed by atoms with Crippen molar-refractivity contribution in [1.29, 1.82) is 0 Å². The molecule has 0 bridgehead atoms. The Labute approximate surface area is 274 Å². The molecular formula is C34H54ClN7O3. The van der Waals surface area contributed by atoms with Gasteiger partial charge >= 0.3 is 0 Å². The molecule has 1 atom stereocenters. The fourth-order valence-electron chi connectivity index (χ4n) is 4.58. The van der Waals surface area contributed by atoms with E-state index in [-0.39, 0.29) is 22.8 Å². The Balaban J connectivity index is 0.000000316. The Bertz CT molecular complexity index is 1210. The van der Waals surface area contributed by atoms with Gasteiger partial charge in [-0.2, -0.15) is 0 Å². The molecule has 2 aromatic carbocycles. The van der Waals surface area contributed by atoms with Gasteiger partial charge in [-0.1, -0.05) is 39.0 Å². The van der Waals surface area contributed by atoms with Crippen LogP contribution in [-0.4, -0.2) is 66.6 Å². The summed E-state index contributed by atoms with van der Waals surface area (Å²) in [4.78, 5) is 8.41. The molecule has 0 saturated heterocycles. The van der Waals surface area contributed by atoms with Crippen molar-refractivity contribution in [2.45, 2.75) is 65.5 Å². The number of aromatic hydroxyl groups is 2. The SMILES string of the molecule is CCc1cc(NC(c2ccc(O)cc2)C(C)C)nc(Cl)n1.COc1cc(CNCCCNCCCCNCCCN)ccc1O. The quantitative estimate of drug-likeness (QED) is 0.0630. The first-order chi connectivity index (χ1) is 21.8. The van der Waals surface area contributed by atoms with Crippen LogP contribution in [0.25, 0.3) is 0 Å². The topological polar surface area (TPSA) is 150 Å². The third-order valence-electron chi connectivity index (χ3n) is 7.13. The van der Waals surface area contributed by atoms with Crippen molar-refractivity contribution in [3.63, 3.8) is 0 Å².